The lowest BCUT2D eigenvalue weighted by Crippen LogP contribution is -2.36. The normalized spacial score (nSPS) is 14.1. The number of ether oxygens (including phenoxy) is 1. The number of nitrogens with two attached hydrogens (primary N) is 1. The molecular weight excluding hydrogens is 438 g/mol. The van der Waals surface area contributed by atoms with Crippen molar-refractivity contribution in [2.24, 2.45) is 0 Å². The lowest BCUT2D eigenvalue weighted by molar-refractivity contribution is 0.122. The van der Waals surface area contributed by atoms with E-state index in [1.54, 1.807) is 18.0 Å². The van der Waals surface area contributed by atoms with Crippen LogP contribution in [0.15, 0.2) is 69.1 Å². The summed E-state index contributed by atoms with van der Waals surface area (Å²) in [4.78, 5) is 12.4. The molecule has 0 unspecified atom stereocenters. The fourth-order valence-corrected chi connectivity index (χ4v) is 4.05. The number of hydrogen-bond donors (Lipinski definition) is 2. The molecule has 0 radical (unpaired) electrons. The van der Waals surface area contributed by atoms with E-state index in [4.69, 9.17) is 10.5 Å². The predicted molar refractivity (Wildman–Crippen MR) is 117 cm³/mol. The van der Waals surface area contributed by atoms with Gasteiger partial charge < -0.3 is 20.7 Å². The van der Waals surface area contributed by atoms with Crippen LogP contribution >= 0.6 is 27.7 Å². The fraction of sp³-hybridized carbons (Fsp3) is 0.200. The van der Waals surface area contributed by atoms with Crippen molar-refractivity contribution in [3.8, 4) is 0 Å². The third-order valence-corrected chi connectivity index (χ3v) is 6.16. The maximum Gasteiger partial charge on any atom is 0.228 e. The van der Waals surface area contributed by atoms with Gasteiger partial charge in [-0.25, -0.2) is 9.97 Å². The molecule has 0 saturated carbocycles. The molecule has 6 nitrogen and oxygen atoms in total. The van der Waals surface area contributed by atoms with Crippen LogP contribution in [0.3, 0.4) is 0 Å². The van der Waals surface area contributed by atoms with Gasteiger partial charge in [0.1, 0.15) is 5.03 Å². The molecule has 1 aliphatic rings. The molecule has 0 bridgehead atoms. The Labute approximate surface area is 176 Å². The number of halogens is 1. The highest BCUT2D eigenvalue weighted by atomic mass is 79.9. The smallest absolute Gasteiger partial charge is 0.228 e. The summed E-state index contributed by atoms with van der Waals surface area (Å²) in [5.74, 6) is 0.556. The maximum atomic E-state index is 5.75. The van der Waals surface area contributed by atoms with Crippen molar-refractivity contribution in [1.29, 1.82) is 0 Å². The van der Waals surface area contributed by atoms with Gasteiger partial charge in [0, 0.05) is 41.2 Å². The molecule has 1 aliphatic heterocycles. The van der Waals surface area contributed by atoms with Gasteiger partial charge in [-0.3, -0.25) is 0 Å². The van der Waals surface area contributed by atoms with E-state index in [9.17, 15) is 0 Å². The van der Waals surface area contributed by atoms with Crippen molar-refractivity contribution in [2.75, 3.05) is 42.3 Å². The number of anilines is 4. The Morgan fingerprint density at radius 1 is 1.04 bits per heavy atom. The number of nitrogens with zero attached hydrogens (tertiary/aromatic N) is 3. The van der Waals surface area contributed by atoms with Crippen molar-refractivity contribution in [3.63, 3.8) is 0 Å². The summed E-state index contributed by atoms with van der Waals surface area (Å²) in [7, 11) is 0. The second-order valence-corrected chi connectivity index (χ2v) is 8.21. The van der Waals surface area contributed by atoms with Gasteiger partial charge in [0.25, 0.3) is 0 Å². The van der Waals surface area contributed by atoms with E-state index in [0.717, 1.165) is 52.1 Å². The molecule has 1 aromatic heterocycles. The predicted octanol–water partition coefficient (Wildman–Crippen LogP) is 4.55. The fourth-order valence-electron chi connectivity index (χ4n) is 2.84. The monoisotopic (exact) mass is 457 g/mol. The van der Waals surface area contributed by atoms with Crippen LogP contribution in [-0.2, 0) is 4.74 Å². The topological polar surface area (TPSA) is 76.3 Å². The van der Waals surface area contributed by atoms with Gasteiger partial charge in [0.2, 0.25) is 5.95 Å². The third-order valence-electron chi connectivity index (χ3n) is 4.31. The third kappa shape index (κ3) is 4.76. The first-order chi connectivity index (χ1) is 13.7. The largest absolute Gasteiger partial charge is 0.399 e. The number of aromatic nitrogens is 2. The van der Waals surface area contributed by atoms with Crippen LogP contribution < -0.4 is 16.0 Å². The van der Waals surface area contributed by atoms with E-state index in [2.05, 4.69) is 48.2 Å². The molecule has 3 N–H and O–H groups in total. The molecule has 144 valence electrons. The summed E-state index contributed by atoms with van der Waals surface area (Å²) in [6.07, 6.45) is 1.76. The Morgan fingerprint density at radius 2 is 1.75 bits per heavy atom. The van der Waals surface area contributed by atoms with Crippen LogP contribution in [0.4, 0.5) is 23.0 Å². The average molecular weight is 458 g/mol. The Bertz CT molecular complexity index is 930. The summed E-state index contributed by atoms with van der Waals surface area (Å²) in [5.41, 5.74) is 8.65. The quantitative estimate of drug-likeness (QED) is 0.429. The zero-order valence-electron chi connectivity index (χ0n) is 15.1. The van der Waals surface area contributed by atoms with Crippen molar-refractivity contribution in [2.45, 2.75) is 9.92 Å². The van der Waals surface area contributed by atoms with Crippen molar-refractivity contribution < 1.29 is 4.74 Å². The molecule has 0 amide bonds. The Kier molecular flexibility index (Phi) is 5.99. The number of benzene rings is 2. The average Bonchev–Trinajstić information content (AvgIpc) is 2.73. The van der Waals surface area contributed by atoms with E-state index in [0.29, 0.717) is 5.95 Å². The van der Waals surface area contributed by atoms with Crippen LogP contribution in [0, 0.1) is 0 Å². The molecule has 4 rings (SSSR count). The Balaban J connectivity index is 1.46. The summed E-state index contributed by atoms with van der Waals surface area (Å²) >= 11 is 5.08. The minimum absolute atomic E-state index is 0.556. The second kappa shape index (κ2) is 8.81. The van der Waals surface area contributed by atoms with Gasteiger partial charge in [-0.2, -0.15) is 0 Å². The van der Waals surface area contributed by atoms with Crippen LogP contribution in [0.5, 0.6) is 0 Å². The van der Waals surface area contributed by atoms with Crippen molar-refractivity contribution >= 4 is 50.7 Å². The van der Waals surface area contributed by atoms with Gasteiger partial charge >= 0.3 is 0 Å². The first-order valence-electron chi connectivity index (χ1n) is 8.93. The molecule has 1 fully saturated rings. The van der Waals surface area contributed by atoms with Gasteiger partial charge in [-0.05, 0) is 64.5 Å². The highest BCUT2D eigenvalue weighted by Gasteiger charge is 2.11. The summed E-state index contributed by atoms with van der Waals surface area (Å²) in [5, 5.41) is 4.12. The number of rotatable bonds is 5. The molecule has 3 aromatic rings. The first-order valence-corrected chi connectivity index (χ1v) is 10.5. The number of morpholine rings is 1. The zero-order valence-corrected chi connectivity index (χ0v) is 17.5. The number of nitrogens with one attached hydrogen (secondary N) is 1. The minimum atomic E-state index is 0.556. The molecule has 2 heterocycles. The van der Waals surface area contributed by atoms with Crippen LogP contribution in [0.2, 0.25) is 0 Å². The molecule has 0 aliphatic carbocycles. The summed E-state index contributed by atoms with van der Waals surface area (Å²) in [6.45, 7) is 3.41. The summed E-state index contributed by atoms with van der Waals surface area (Å²) < 4.78 is 6.26. The van der Waals surface area contributed by atoms with Crippen LogP contribution in [-0.4, -0.2) is 36.3 Å². The standard InChI is InChI=1S/C20H20BrN5OS/c21-18-13-23-20(25-19(18)28-17-7-1-14(22)2-8-17)24-15-3-5-16(6-4-15)26-9-11-27-12-10-26/h1-8,13H,9-12,22H2,(H,23,24,25). The number of nitrogen functional groups attached to an aromatic ring is 1. The van der Waals surface area contributed by atoms with Crippen molar-refractivity contribution in [3.05, 3.63) is 59.2 Å². The minimum Gasteiger partial charge on any atom is -0.399 e. The Morgan fingerprint density at radius 3 is 2.46 bits per heavy atom. The highest BCUT2D eigenvalue weighted by Crippen LogP contribution is 2.33. The first kappa shape index (κ1) is 19.0. The molecule has 0 atom stereocenters. The van der Waals surface area contributed by atoms with Gasteiger partial charge in [-0.15, -0.1) is 0 Å². The molecule has 1 saturated heterocycles. The second-order valence-electron chi connectivity index (χ2n) is 6.29. The SMILES string of the molecule is Nc1ccc(Sc2nc(Nc3ccc(N4CCOCC4)cc3)ncc2Br)cc1. The van der Waals surface area contributed by atoms with Crippen LogP contribution in [0.25, 0.3) is 0 Å². The van der Waals surface area contributed by atoms with Gasteiger partial charge in [0.05, 0.1) is 17.7 Å². The highest BCUT2D eigenvalue weighted by molar-refractivity contribution is 9.10. The summed E-state index contributed by atoms with van der Waals surface area (Å²) in [6, 6.07) is 16.0. The Hall–Kier alpha value is -2.29. The molecular formula is C20H20BrN5OS. The van der Waals surface area contributed by atoms with Crippen molar-refractivity contribution in [1.82, 2.24) is 9.97 Å². The molecule has 0 spiro atoms. The van der Waals surface area contributed by atoms with Gasteiger partial charge in [-0.1, -0.05) is 11.8 Å². The lowest BCUT2D eigenvalue weighted by Gasteiger charge is -2.28. The van der Waals surface area contributed by atoms with E-state index in [1.165, 1.54) is 5.69 Å². The maximum absolute atomic E-state index is 5.75. The molecule has 2 aromatic carbocycles. The zero-order chi connectivity index (χ0) is 19.3. The van der Waals surface area contributed by atoms with E-state index in [1.807, 2.05) is 36.4 Å². The van der Waals surface area contributed by atoms with E-state index >= 15 is 0 Å². The number of hydrogen-bond acceptors (Lipinski definition) is 7. The van der Waals surface area contributed by atoms with E-state index < -0.39 is 0 Å². The lowest BCUT2D eigenvalue weighted by atomic mass is 10.2. The van der Waals surface area contributed by atoms with Gasteiger partial charge in [0.15, 0.2) is 0 Å². The molecule has 28 heavy (non-hydrogen) atoms. The van der Waals surface area contributed by atoms with Crippen LogP contribution in [0.1, 0.15) is 0 Å². The molecule has 8 heteroatoms. The van der Waals surface area contributed by atoms with E-state index in [-0.39, 0.29) is 0 Å².